The van der Waals surface area contributed by atoms with Crippen molar-refractivity contribution in [2.75, 3.05) is 6.61 Å². The minimum Gasteiger partial charge on any atom is -0.493 e. The third kappa shape index (κ3) is 3.59. The maximum Gasteiger partial charge on any atom is 0.185 e. The van der Waals surface area contributed by atoms with Gasteiger partial charge in [0.05, 0.1) is 18.0 Å². The zero-order valence-electron chi connectivity index (χ0n) is 16.6. The van der Waals surface area contributed by atoms with Crippen molar-refractivity contribution in [2.45, 2.75) is 13.8 Å². The topological polar surface area (TPSA) is 31.2 Å². The van der Waals surface area contributed by atoms with Crippen molar-refractivity contribution >= 4 is 0 Å². The van der Waals surface area contributed by atoms with E-state index < -0.39 is 0 Å². The fraction of sp³-hybridized carbons (Fsp3) is 0.115. The number of aromatic nitrogens is 1. The number of rotatable bonds is 5. The molecule has 144 valence electrons. The molecule has 0 unspecified atom stereocenters. The second-order valence-electron chi connectivity index (χ2n) is 6.83. The van der Waals surface area contributed by atoms with Gasteiger partial charge in [0, 0.05) is 22.9 Å². The molecular weight excluding hydrogens is 358 g/mol. The number of benzene rings is 3. The summed E-state index contributed by atoms with van der Waals surface area (Å²) in [4.78, 5) is 13.0. The highest BCUT2D eigenvalue weighted by Gasteiger charge is 2.19. The minimum atomic E-state index is 0.0114. The fourth-order valence-corrected chi connectivity index (χ4v) is 3.65. The smallest absolute Gasteiger partial charge is 0.185 e. The van der Waals surface area contributed by atoms with Crippen LogP contribution in [-0.2, 0) is 0 Å². The number of pyridine rings is 1. The second kappa shape index (κ2) is 8.19. The third-order valence-electron chi connectivity index (χ3n) is 4.98. The SMILES string of the molecule is CCOc1ccccc1-c1cc(=O)c(C)c(-c2ccccc2)n1-c1ccccc1. The zero-order valence-corrected chi connectivity index (χ0v) is 16.6. The summed E-state index contributed by atoms with van der Waals surface area (Å²) in [6, 6.07) is 29.8. The third-order valence-corrected chi connectivity index (χ3v) is 4.98. The van der Waals surface area contributed by atoms with Crippen LogP contribution in [0.1, 0.15) is 12.5 Å². The lowest BCUT2D eigenvalue weighted by Gasteiger charge is -2.22. The molecule has 0 fully saturated rings. The van der Waals surface area contributed by atoms with Gasteiger partial charge in [0.2, 0.25) is 0 Å². The average Bonchev–Trinajstić information content (AvgIpc) is 2.77. The number of nitrogens with zero attached hydrogens (tertiary/aromatic N) is 1. The Hall–Kier alpha value is -3.59. The van der Waals surface area contributed by atoms with Crippen LogP contribution < -0.4 is 10.2 Å². The lowest BCUT2D eigenvalue weighted by Crippen LogP contribution is -2.16. The number of para-hydroxylation sites is 2. The Labute approximate surface area is 170 Å². The van der Waals surface area contributed by atoms with Gasteiger partial charge in [0.25, 0.3) is 0 Å². The molecule has 0 amide bonds. The van der Waals surface area contributed by atoms with E-state index in [-0.39, 0.29) is 5.43 Å². The van der Waals surface area contributed by atoms with E-state index in [1.165, 1.54) is 0 Å². The Morgan fingerprint density at radius 3 is 2.14 bits per heavy atom. The summed E-state index contributed by atoms with van der Waals surface area (Å²) in [5, 5.41) is 0. The number of ether oxygens (including phenoxy) is 1. The Morgan fingerprint density at radius 1 is 0.828 bits per heavy atom. The maximum atomic E-state index is 13.0. The molecular formula is C26H23NO2. The molecule has 4 rings (SSSR count). The number of hydrogen-bond donors (Lipinski definition) is 0. The molecule has 1 heterocycles. The van der Waals surface area contributed by atoms with Crippen molar-refractivity contribution in [1.82, 2.24) is 4.57 Å². The van der Waals surface area contributed by atoms with Crippen LogP contribution in [0.2, 0.25) is 0 Å². The van der Waals surface area contributed by atoms with E-state index in [2.05, 4.69) is 16.7 Å². The van der Waals surface area contributed by atoms with E-state index in [0.29, 0.717) is 6.61 Å². The second-order valence-corrected chi connectivity index (χ2v) is 6.83. The molecule has 0 atom stereocenters. The summed E-state index contributed by atoms with van der Waals surface area (Å²) in [6.07, 6.45) is 0. The molecule has 0 saturated carbocycles. The summed E-state index contributed by atoms with van der Waals surface area (Å²) in [5.74, 6) is 0.766. The molecule has 0 bridgehead atoms. The van der Waals surface area contributed by atoms with Crippen LogP contribution >= 0.6 is 0 Å². The summed E-state index contributed by atoms with van der Waals surface area (Å²) < 4.78 is 8.04. The molecule has 0 radical (unpaired) electrons. The highest BCUT2D eigenvalue weighted by atomic mass is 16.5. The molecule has 0 N–H and O–H groups in total. The van der Waals surface area contributed by atoms with Gasteiger partial charge < -0.3 is 9.30 Å². The Balaban J connectivity index is 2.13. The van der Waals surface area contributed by atoms with Gasteiger partial charge in [-0.15, -0.1) is 0 Å². The molecule has 4 aromatic rings. The van der Waals surface area contributed by atoms with Crippen LogP contribution in [-0.4, -0.2) is 11.2 Å². The zero-order chi connectivity index (χ0) is 20.2. The van der Waals surface area contributed by atoms with Gasteiger partial charge in [-0.05, 0) is 43.7 Å². The van der Waals surface area contributed by atoms with E-state index in [4.69, 9.17) is 4.74 Å². The monoisotopic (exact) mass is 381 g/mol. The summed E-state index contributed by atoms with van der Waals surface area (Å²) in [7, 11) is 0. The van der Waals surface area contributed by atoms with Crippen molar-refractivity contribution in [1.29, 1.82) is 0 Å². The maximum absolute atomic E-state index is 13.0. The normalized spacial score (nSPS) is 10.7. The van der Waals surface area contributed by atoms with Gasteiger partial charge in [-0.2, -0.15) is 0 Å². The van der Waals surface area contributed by atoms with Crippen LogP contribution in [0, 0.1) is 6.92 Å². The molecule has 0 aliphatic heterocycles. The van der Waals surface area contributed by atoms with E-state index in [1.54, 1.807) is 6.07 Å². The standard InChI is InChI=1S/C26H23NO2/c1-3-29-25-17-11-10-16-22(25)23-18-24(28)19(2)26(20-12-6-4-7-13-20)27(23)21-14-8-5-9-15-21/h4-18H,3H2,1-2H3. The summed E-state index contributed by atoms with van der Waals surface area (Å²) in [6.45, 7) is 4.41. The van der Waals surface area contributed by atoms with E-state index >= 15 is 0 Å². The van der Waals surface area contributed by atoms with Crippen LogP contribution in [0.25, 0.3) is 28.2 Å². The van der Waals surface area contributed by atoms with Gasteiger partial charge in [0.15, 0.2) is 5.43 Å². The quantitative estimate of drug-likeness (QED) is 0.432. The van der Waals surface area contributed by atoms with Crippen molar-refractivity contribution in [2.24, 2.45) is 0 Å². The Morgan fingerprint density at radius 2 is 1.45 bits per heavy atom. The van der Waals surface area contributed by atoms with E-state index in [9.17, 15) is 4.79 Å². The highest BCUT2D eigenvalue weighted by Crippen LogP contribution is 2.35. The van der Waals surface area contributed by atoms with E-state index in [0.717, 1.165) is 39.5 Å². The molecule has 0 spiro atoms. The largest absolute Gasteiger partial charge is 0.493 e. The van der Waals surface area contributed by atoms with Crippen LogP contribution in [0.3, 0.4) is 0 Å². The molecule has 1 aromatic heterocycles. The predicted molar refractivity (Wildman–Crippen MR) is 119 cm³/mol. The fourth-order valence-electron chi connectivity index (χ4n) is 3.65. The van der Waals surface area contributed by atoms with E-state index in [1.807, 2.05) is 86.6 Å². The summed E-state index contributed by atoms with van der Waals surface area (Å²) in [5.41, 5.74) is 5.33. The van der Waals surface area contributed by atoms with Crippen molar-refractivity contribution < 1.29 is 4.74 Å². The first kappa shape index (κ1) is 18.8. The molecule has 29 heavy (non-hydrogen) atoms. The van der Waals surface area contributed by atoms with Crippen LogP contribution in [0.4, 0.5) is 0 Å². The first-order valence-corrected chi connectivity index (χ1v) is 9.80. The lowest BCUT2D eigenvalue weighted by molar-refractivity contribution is 0.341. The molecule has 3 heteroatoms. The first-order chi connectivity index (χ1) is 14.2. The van der Waals surface area contributed by atoms with Crippen LogP contribution in [0.5, 0.6) is 5.75 Å². The van der Waals surface area contributed by atoms with Gasteiger partial charge in [-0.1, -0.05) is 60.7 Å². The van der Waals surface area contributed by atoms with Gasteiger partial charge in [0.1, 0.15) is 5.75 Å². The Kier molecular flexibility index (Phi) is 5.30. The molecule has 0 saturated heterocycles. The van der Waals surface area contributed by atoms with Gasteiger partial charge >= 0.3 is 0 Å². The van der Waals surface area contributed by atoms with Crippen molar-refractivity contribution in [3.05, 3.63) is 107 Å². The first-order valence-electron chi connectivity index (χ1n) is 9.80. The average molecular weight is 381 g/mol. The van der Waals surface area contributed by atoms with Crippen LogP contribution in [0.15, 0.2) is 95.8 Å². The minimum absolute atomic E-state index is 0.0114. The van der Waals surface area contributed by atoms with Crippen molar-refractivity contribution in [3.8, 4) is 34.0 Å². The Bertz CT molecular complexity index is 1180. The molecule has 0 aliphatic rings. The predicted octanol–water partition coefficient (Wildman–Crippen LogP) is 5.88. The highest BCUT2D eigenvalue weighted by molar-refractivity contribution is 5.76. The molecule has 3 nitrogen and oxygen atoms in total. The van der Waals surface area contributed by atoms with Crippen molar-refractivity contribution in [3.63, 3.8) is 0 Å². The number of hydrogen-bond acceptors (Lipinski definition) is 2. The van der Waals surface area contributed by atoms with Gasteiger partial charge in [-0.25, -0.2) is 0 Å². The lowest BCUT2D eigenvalue weighted by atomic mass is 10.0. The van der Waals surface area contributed by atoms with Gasteiger partial charge in [-0.3, -0.25) is 4.79 Å². The summed E-state index contributed by atoms with van der Waals surface area (Å²) >= 11 is 0. The molecule has 0 aliphatic carbocycles. The molecule has 3 aromatic carbocycles.